The monoisotopic (exact) mass is 377 g/mol. The van der Waals surface area contributed by atoms with E-state index < -0.39 is 0 Å². The van der Waals surface area contributed by atoms with Crippen molar-refractivity contribution in [2.75, 3.05) is 52.7 Å². The van der Waals surface area contributed by atoms with Gasteiger partial charge < -0.3 is 18.9 Å². The molecule has 0 fully saturated rings. The normalized spacial score (nSPS) is 19.3. The lowest BCUT2D eigenvalue weighted by atomic mass is 10.3. The van der Waals surface area contributed by atoms with E-state index in [4.69, 9.17) is 18.9 Å². The highest BCUT2D eigenvalue weighted by atomic mass is 16.5. The second-order valence-corrected chi connectivity index (χ2v) is 6.13. The SMILES string of the molecule is c1ccc(CN2CCOCCOCc3n[nH]c(n3)COCCOCC2)nc1. The summed E-state index contributed by atoms with van der Waals surface area (Å²) in [5.74, 6) is 1.31. The number of aromatic nitrogens is 4. The predicted octanol–water partition coefficient (Wildman–Crippen LogP) is 0.782. The van der Waals surface area contributed by atoms with Gasteiger partial charge in [0.25, 0.3) is 0 Å². The third-order valence-electron chi connectivity index (χ3n) is 4.01. The van der Waals surface area contributed by atoms with E-state index in [-0.39, 0.29) is 0 Å². The number of nitrogens with zero attached hydrogens (tertiary/aromatic N) is 4. The molecule has 3 rings (SSSR count). The molecule has 0 radical (unpaired) electrons. The average Bonchev–Trinajstić information content (AvgIpc) is 3.14. The molecular formula is C18H27N5O4. The third-order valence-corrected chi connectivity index (χ3v) is 4.01. The highest BCUT2D eigenvalue weighted by Crippen LogP contribution is 2.02. The van der Waals surface area contributed by atoms with Crippen molar-refractivity contribution in [2.24, 2.45) is 0 Å². The Balaban J connectivity index is 1.47. The van der Waals surface area contributed by atoms with Gasteiger partial charge in [0.2, 0.25) is 0 Å². The van der Waals surface area contributed by atoms with Crippen molar-refractivity contribution < 1.29 is 18.9 Å². The molecule has 2 aromatic rings. The summed E-state index contributed by atoms with van der Waals surface area (Å²) in [7, 11) is 0. The van der Waals surface area contributed by atoms with E-state index in [9.17, 15) is 0 Å². The first-order valence-corrected chi connectivity index (χ1v) is 9.23. The van der Waals surface area contributed by atoms with Gasteiger partial charge in [0.15, 0.2) is 11.6 Å². The first-order chi connectivity index (χ1) is 13.4. The van der Waals surface area contributed by atoms with Crippen LogP contribution in [0.1, 0.15) is 17.3 Å². The fraction of sp³-hybridized carbons (Fsp3) is 0.611. The van der Waals surface area contributed by atoms with Crippen LogP contribution in [0.5, 0.6) is 0 Å². The van der Waals surface area contributed by atoms with Crippen molar-refractivity contribution in [3.05, 3.63) is 41.7 Å². The zero-order valence-corrected chi connectivity index (χ0v) is 15.5. The maximum absolute atomic E-state index is 5.69. The summed E-state index contributed by atoms with van der Waals surface area (Å²) < 4.78 is 22.5. The van der Waals surface area contributed by atoms with Crippen molar-refractivity contribution >= 4 is 0 Å². The van der Waals surface area contributed by atoms with Crippen LogP contribution in [0.4, 0.5) is 0 Å². The highest BCUT2D eigenvalue weighted by Gasteiger charge is 2.08. The highest BCUT2D eigenvalue weighted by molar-refractivity contribution is 5.03. The van der Waals surface area contributed by atoms with E-state index in [1.807, 2.05) is 24.4 Å². The van der Waals surface area contributed by atoms with Crippen molar-refractivity contribution in [1.82, 2.24) is 25.1 Å². The fourth-order valence-electron chi connectivity index (χ4n) is 2.61. The molecule has 0 amide bonds. The van der Waals surface area contributed by atoms with Crippen LogP contribution in [0.2, 0.25) is 0 Å². The maximum Gasteiger partial charge on any atom is 0.176 e. The van der Waals surface area contributed by atoms with Crippen LogP contribution >= 0.6 is 0 Å². The molecule has 0 atom stereocenters. The molecule has 3 heterocycles. The van der Waals surface area contributed by atoms with Crippen LogP contribution in [-0.4, -0.2) is 77.8 Å². The standard InChI is InChI=1S/C18H27N5O4/c1-2-4-19-16(3-1)13-23-5-7-24-9-11-26-14-17-20-18(22-21-17)15-27-12-10-25-8-6-23/h1-4H,5-15H2,(H,20,21,22). The smallest absolute Gasteiger partial charge is 0.176 e. The van der Waals surface area contributed by atoms with Crippen LogP contribution in [0.25, 0.3) is 0 Å². The molecule has 0 saturated carbocycles. The van der Waals surface area contributed by atoms with E-state index in [1.165, 1.54) is 0 Å². The topological polar surface area (TPSA) is 94.6 Å². The van der Waals surface area contributed by atoms with Gasteiger partial charge in [0.1, 0.15) is 13.2 Å². The van der Waals surface area contributed by atoms with Gasteiger partial charge in [-0.3, -0.25) is 15.0 Å². The molecule has 27 heavy (non-hydrogen) atoms. The van der Waals surface area contributed by atoms with Gasteiger partial charge >= 0.3 is 0 Å². The first-order valence-electron chi connectivity index (χ1n) is 9.23. The van der Waals surface area contributed by atoms with E-state index in [1.54, 1.807) is 0 Å². The molecule has 0 aromatic carbocycles. The van der Waals surface area contributed by atoms with Crippen molar-refractivity contribution in [3.63, 3.8) is 0 Å². The summed E-state index contributed by atoms with van der Waals surface area (Å²) in [6.07, 6.45) is 1.82. The van der Waals surface area contributed by atoms with Gasteiger partial charge in [0, 0.05) is 25.8 Å². The molecule has 0 aliphatic carbocycles. The van der Waals surface area contributed by atoms with Crippen molar-refractivity contribution in [3.8, 4) is 0 Å². The molecule has 1 aliphatic heterocycles. The molecular weight excluding hydrogens is 350 g/mol. The second-order valence-electron chi connectivity index (χ2n) is 6.13. The number of H-pyrrole nitrogens is 1. The summed E-state index contributed by atoms with van der Waals surface area (Å²) in [4.78, 5) is 11.0. The Hall–Kier alpha value is -1.91. The number of fused-ring (bicyclic) bond motifs is 2. The largest absolute Gasteiger partial charge is 0.378 e. The minimum absolute atomic E-state index is 0.356. The van der Waals surface area contributed by atoms with E-state index in [0.29, 0.717) is 64.5 Å². The summed E-state index contributed by atoms with van der Waals surface area (Å²) >= 11 is 0. The fourth-order valence-corrected chi connectivity index (χ4v) is 2.61. The number of aromatic amines is 1. The van der Waals surface area contributed by atoms with E-state index >= 15 is 0 Å². The van der Waals surface area contributed by atoms with Crippen LogP contribution in [0.3, 0.4) is 0 Å². The Morgan fingerprint density at radius 1 is 0.889 bits per heavy atom. The number of ether oxygens (including phenoxy) is 4. The summed E-state index contributed by atoms with van der Waals surface area (Å²) in [5, 5.41) is 6.95. The summed E-state index contributed by atoms with van der Waals surface area (Å²) in [5.41, 5.74) is 1.04. The lowest BCUT2D eigenvalue weighted by Crippen LogP contribution is -2.31. The van der Waals surface area contributed by atoms with Gasteiger partial charge in [-0.05, 0) is 12.1 Å². The quantitative estimate of drug-likeness (QED) is 0.821. The van der Waals surface area contributed by atoms with Gasteiger partial charge in [-0.2, -0.15) is 5.10 Å². The maximum atomic E-state index is 5.69. The molecule has 0 saturated heterocycles. The Labute approximate surface area is 159 Å². The summed E-state index contributed by atoms with van der Waals surface area (Å²) in [6.45, 7) is 6.47. The average molecular weight is 377 g/mol. The number of hydrogen-bond acceptors (Lipinski definition) is 8. The Kier molecular flexibility index (Phi) is 8.62. The predicted molar refractivity (Wildman–Crippen MR) is 96.8 cm³/mol. The molecule has 2 bridgehead atoms. The van der Waals surface area contributed by atoms with Crippen molar-refractivity contribution in [1.29, 1.82) is 0 Å². The molecule has 9 nitrogen and oxygen atoms in total. The minimum atomic E-state index is 0.356. The van der Waals surface area contributed by atoms with Crippen LogP contribution in [-0.2, 0) is 38.7 Å². The molecule has 0 spiro atoms. The van der Waals surface area contributed by atoms with Gasteiger partial charge in [-0.25, -0.2) is 4.98 Å². The molecule has 2 aromatic heterocycles. The Morgan fingerprint density at radius 3 is 2.37 bits per heavy atom. The third kappa shape index (κ3) is 7.69. The number of rotatable bonds is 2. The van der Waals surface area contributed by atoms with Gasteiger partial charge in [0.05, 0.1) is 45.3 Å². The number of hydrogen-bond donors (Lipinski definition) is 1. The zero-order valence-electron chi connectivity index (χ0n) is 15.5. The van der Waals surface area contributed by atoms with Crippen LogP contribution < -0.4 is 0 Å². The number of pyridine rings is 1. The molecule has 1 N–H and O–H groups in total. The van der Waals surface area contributed by atoms with E-state index in [0.717, 1.165) is 25.3 Å². The second kappa shape index (κ2) is 11.7. The van der Waals surface area contributed by atoms with Crippen LogP contribution in [0.15, 0.2) is 24.4 Å². The summed E-state index contributed by atoms with van der Waals surface area (Å²) in [6, 6.07) is 5.96. The molecule has 1 aliphatic rings. The van der Waals surface area contributed by atoms with E-state index in [2.05, 4.69) is 25.1 Å². The van der Waals surface area contributed by atoms with Crippen LogP contribution in [0, 0.1) is 0 Å². The lowest BCUT2D eigenvalue weighted by Gasteiger charge is -2.22. The van der Waals surface area contributed by atoms with Gasteiger partial charge in [-0.15, -0.1) is 0 Å². The lowest BCUT2D eigenvalue weighted by molar-refractivity contribution is 0.0147. The Bertz CT molecular complexity index is 607. The molecule has 148 valence electrons. The Morgan fingerprint density at radius 2 is 1.63 bits per heavy atom. The van der Waals surface area contributed by atoms with Gasteiger partial charge in [-0.1, -0.05) is 6.07 Å². The van der Waals surface area contributed by atoms with Crippen molar-refractivity contribution in [2.45, 2.75) is 19.8 Å². The number of nitrogens with one attached hydrogen (secondary N) is 1. The minimum Gasteiger partial charge on any atom is -0.378 e. The molecule has 0 unspecified atom stereocenters. The zero-order chi connectivity index (χ0) is 18.6. The first kappa shape index (κ1) is 19.8. The molecule has 9 heteroatoms.